The summed E-state index contributed by atoms with van der Waals surface area (Å²) in [5.41, 5.74) is 3.34. The molecule has 1 saturated heterocycles. The van der Waals surface area contributed by atoms with Crippen LogP contribution in [0.5, 0.6) is 5.75 Å². The van der Waals surface area contributed by atoms with E-state index < -0.39 is 0 Å². The summed E-state index contributed by atoms with van der Waals surface area (Å²) in [5, 5.41) is 17.9. The van der Waals surface area contributed by atoms with E-state index >= 15 is 0 Å². The third-order valence-corrected chi connectivity index (χ3v) is 5.55. The van der Waals surface area contributed by atoms with Crippen LogP contribution in [0.2, 0.25) is 0 Å². The summed E-state index contributed by atoms with van der Waals surface area (Å²) in [5.74, 6) is 1.28. The van der Waals surface area contributed by atoms with Crippen molar-refractivity contribution < 1.29 is 5.11 Å². The van der Waals surface area contributed by atoms with E-state index in [-0.39, 0.29) is 24.0 Å². The third-order valence-electron chi connectivity index (χ3n) is 5.55. The lowest BCUT2D eigenvalue weighted by molar-refractivity contribution is 0.369. The number of piperazine rings is 1. The molecule has 1 fully saturated rings. The van der Waals surface area contributed by atoms with Gasteiger partial charge >= 0.3 is 0 Å². The van der Waals surface area contributed by atoms with Gasteiger partial charge in [-0.25, -0.2) is 4.99 Å². The van der Waals surface area contributed by atoms with Crippen molar-refractivity contribution in [1.82, 2.24) is 20.0 Å². The van der Waals surface area contributed by atoms with Crippen molar-refractivity contribution in [2.75, 3.05) is 37.6 Å². The first-order valence-electron chi connectivity index (χ1n) is 10.8. The zero-order valence-electron chi connectivity index (χ0n) is 18.4. The van der Waals surface area contributed by atoms with Crippen LogP contribution in [0.3, 0.4) is 0 Å². The topological polar surface area (TPSA) is 68.9 Å². The maximum absolute atomic E-state index is 10.2. The lowest BCUT2D eigenvalue weighted by Gasteiger charge is -2.37. The van der Waals surface area contributed by atoms with Crippen molar-refractivity contribution in [3.63, 3.8) is 0 Å². The Morgan fingerprint density at radius 2 is 1.72 bits per heavy atom. The molecule has 32 heavy (non-hydrogen) atoms. The molecule has 0 amide bonds. The first-order chi connectivity index (χ1) is 15.2. The van der Waals surface area contributed by atoms with Crippen LogP contribution in [-0.2, 0) is 13.1 Å². The molecule has 0 bridgehead atoms. The first-order valence-corrected chi connectivity index (χ1v) is 10.8. The third kappa shape index (κ3) is 5.93. The molecule has 0 unspecified atom stereocenters. The largest absolute Gasteiger partial charge is 0.506 e. The molecule has 7 nitrogen and oxygen atoms in total. The van der Waals surface area contributed by atoms with Gasteiger partial charge in [-0.05, 0) is 36.2 Å². The lowest BCUT2D eigenvalue weighted by Crippen LogP contribution is -2.52. The van der Waals surface area contributed by atoms with E-state index in [4.69, 9.17) is 4.99 Å². The highest BCUT2D eigenvalue weighted by atomic mass is 127. The van der Waals surface area contributed by atoms with E-state index in [2.05, 4.69) is 51.4 Å². The molecule has 170 valence electrons. The Hall–Kier alpha value is -2.75. The molecule has 4 rings (SSSR count). The fraction of sp³-hybridized carbons (Fsp3) is 0.333. The Kier molecular flexibility index (Phi) is 8.78. The number of nitrogens with one attached hydrogen (secondary N) is 1. The Balaban J connectivity index is 0.00000289. The van der Waals surface area contributed by atoms with Gasteiger partial charge in [-0.3, -0.25) is 4.68 Å². The van der Waals surface area contributed by atoms with Gasteiger partial charge in [0.2, 0.25) is 0 Å². The number of benzene rings is 2. The highest BCUT2D eigenvalue weighted by Crippen LogP contribution is 2.27. The van der Waals surface area contributed by atoms with Gasteiger partial charge in [0.05, 0.1) is 18.8 Å². The van der Waals surface area contributed by atoms with Crippen LogP contribution in [0.15, 0.2) is 72.0 Å². The van der Waals surface area contributed by atoms with Crippen LogP contribution in [-0.4, -0.2) is 58.5 Å². The average Bonchev–Trinajstić information content (AvgIpc) is 3.31. The van der Waals surface area contributed by atoms with E-state index in [9.17, 15) is 5.11 Å². The molecule has 1 aliphatic rings. The number of rotatable bonds is 6. The Morgan fingerprint density at radius 3 is 2.41 bits per heavy atom. The monoisotopic (exact) mass is 546 g/mol. The number of aromatic nitrogens is 2. The normalized spacial score (nSPS) is 14.2. The van der Waals surface area contributed by atoms with Gasteiger partial charge in [0.1, 0.15) is 5.75 Å². The predicted molar refractivity (Wildman–Crippen MR) is 140 cm³/mol. The SMILES string of the molecule is CCNC(=NCc1ccccc1Cn1cccn1)N1CCN(c2ccccc2O)CC1.I. The summed E-state index contributed by atoms with van der Waals surface area (Å²) in [4.78, 5) is 9.48. The molecule has 2 heterocycles. The minimum Gasteiger partial charge on any atom is -0.506 e. The van der Waals surface area contributed by atoms with E-state index in [1.807, 2.05) is 35.1 Å². The van der Waals surface area contributed by atoms with Crippen LogP contribution in [0.25, 0.3) is 0 Å². The molecule has 2 N–H and O–H groups in total. The second-order valence-corrected chi connectivity index (χ2v) is 7.61. The molecular formula is C24H31IN6O. The van der Waals surface area contributed by atoms with Crippen LogP contribution in [0.1, 0.15) is 18.1 Å². The van der Waals surface area contributed by atoms with Crippen molar-refractivity contribution in [2.24, 2.45) is 4.99 Å². The smallest absolute Gasteiger partial charge is 0.194 e. The molecule has 8 heteroatoms. The molecule has 0 saturated carbocycles. The van der Waals surface area contributed by atoms with Gasteiger partial charge in [-0.2, -0.15) is 5.10 Å². The number of phenols is 1. The minimum atomic E-state index is 0. The molecule has 0 atom stereocenters. The van der Waals surface area contributed by atoms with Crippen LogP contribution in [0.4, 0.5) is 5.69 Å². The zero-order valence-corrected chi connectivity index (χ0v) is 20.7. The predicted octanol–water partition coefficient (Wildman–Crippen LogP) is 3.54. The van der Waals surface area contributed by atoms with E-state index in [0.29, 0.717) is 12.3 Å². The Labute approximate surface area is 206 Å². The van der Waals surface area contributed by atoms with Crippen molar-refractivity contribution in [2.45, 2.75) is 20.0 Å². The van der Waals surface area contributed by atoms with Gasteiger partial charge in [-0.15, -0.1) is 24.0 Å². The quantitative estimate of drug-likeness (QED) is 0.281. The molecule has 1 aliphatic heterocycles. The van der Waals surface area contributed by atoms with Gasteiger partial charge in [0.25, 0.3) is 0 Å². The van der Waals surface area contributed by atoms with E-state index in [1.165, 1.54) is 11.1 Å². The summed E-state index contributed by atoms with van der Waals surface area (Å²) < 4.78 is 1.94. The van der Waals surface area contributed by atoms with Crippen LogP contribution >= 0.6 is 24.0 Å². The number of hydrogen-bond donors (Lipinski definition) is 2. The number of aliphatic imine (C=N–C) groups is 1. The van der Waals surface area contributed by atoms with Crippen LogP contribution in [0, 0.1) is 0 Å². The van der Waals surface area contributed by atoms with Gasteiger partial charge in [0.15, 0.2) is 5.96 Å². The summed E-state index contributed by atoms with van der Waals surface area (Å²) >= 11 is 0. The standard InChI is InChI=1S/C24H30N6O.HI/c1-2-25-24(29-16-14-28(15-17-29)22-10-5-6-11-23(22)31)26-18-20-8-3-4-9-21(20)19-30-13-7-12-27-30;/h3-13,31H,2,14-19H2,1H3,(H,25,26);1H. The number of hydrogen-bond acceptors (Lipinski definition) is 4. The summed E-state index contributed by atoms with van der Waals surface area (Å²) in [6.45, 7) is 7.70. The first kappa shape index (κ1) is 23.9. The van der Waals surface area contributed by atoms with E-state index in [0.717, 1.165) is 50.9 Å². The number of halogens is 1. The maximum Gasteiger partial charge on any atom is 0.194 e. The lowest BCUT2D eigenvalue weighted by atomic mass is 10.1. The van der Waals surface area contributed by atoms with Gasteiger partial charge in [0, 0.05) is 45.1 Å². The fourth-order valence-corrected chi connectivity index (χ4v) is 3.91. The van der Waals surface area contributed by atoms with E-state index in [1.54, 1.807) is 12.3 Å². The molecule has 0 spiro atoms. The molecule has 2 aromatic carbocycles. The Bertz CT molecular complexity index is 999. The number of phenolic OH excluding ortho intramolecular Hbond substituents is 1. The second-order valence-electron chi connectivity index (χ2n) is 7.61. The van der Waals surface area contributed by atoms with Crippen molar-refractivity contribution >= 4 is 35.6 Å². The second kappa shape index (κ2) is 11.8. The summed E-state index contributed by atoms with van der Waals surface area (Å²) in [6.07, 6.45) is 3.78. The average molecular weight is 546 g/mol. The number of nitrogens with zero attached hydrogens (tertiary/aromatic N) is 5. The summed E-state index contributed by atoms with van der Waals surface area (Å²) in [7, 11) is 0. The van der Waals surface area contributed by atoms with Crippen molar-refractivity contribution in [3.8, 4) is 5.75 Å². The molecule has 3 aromatic rings. The van der Waals surface area contributed by atoms with Gasteiger partial charge in [-0.1, -0.05) is 36.4 Å². The minimum absolute atomic E-state index is 0. The zero-order chi connectivity index (χ0) is 21.5. The summed E-state index contributed by atoms with van der Waals surface area (Å²) in [6, 6.07) is 17.9. The molecule has 0 aliphatic carbocycles. The van der Waals surface area contributed by atoms with Crippen molar-refractivity contribution in [1.29, 1.82) is 0 Å². The number of anilines is 1. The molecule has 0 radical (unpaired) electrons. The highest BCUT2D eigenvalue weighted by molar-refractivity contribution is 14.0. The van der Waals surface area contributed by atoms with Gasteiger partial charge < -0.3 is 20.2 Å². The molecular weight excluding hydrogens is 515 g/mol. The maximum atomic E-state index is 10.2. The molecule has 1 aromatic heterocycles. The fourth-order valence-electron chi connectivity index (χ4n) is 3.91. The Morgan fingerprint density at radius 1 is 1.00 bits per heavy atom. The number of aromatic hydroxyl groups is 1. The van der Waals surface area contributed by atoms with Crippen LogP contribution < -0.4 is 10.2 Å². The number of para-hydroxylation sites is 2. The number of guanidine groups is 1. The highest BCUT2D eigenvalue weighted by Gasteiger charge is 2.21. The van der Waals surface area contributed by atoms with Crippen molar-refractivity contribution in [3.05, 3.63) is 78.1 Å².